The highest BCUT2D eigenvalue weighted by Gasteiger charge is 2.03. The molecule has 2 aromatic rings. The van der Waals surface area contributed by atoms with E-state index < -0.39 is 0 Å². The van der Waals surface area contributed by atoms with Crippen LogP contribution in [0.5, 0.6) is 5.75 Å². The first-order valence-electron chi connectivity index (χ1n) is 7.17. The molecule has 0 unspecified atom stereocenters. The van der Waals surface area contributed by atoms with Gasteiger partial charge in [-0.3, -0.25) is 0 Å². The molecule has 3 heteroatoms. The minimum Gasteiger partial charge on any atom is -0.486 e. The second kappa shape index (κ2) is 7.15. The van der Waals surface area contributed by atoms with Crippen LogP contribution in [0.25, 0.3) is 0 Å². The maximum Gasteiger partial charge on any atom is 0.146 e. The summed E-state index contributed by atoms with van der Waals surface area (Å²) in [5.41, 5.74) is 2.42. The predicted octanol–water partition coefficient (Wildman–Crippen LogP) is 3.98. The standard InChI is InChI=1S/C17H23NO2/c1-4-7-18-11-15-5-6-16(20-15)12-19-17-9-13(2)8-14(3)10-17/h5-6,8-10,18H,4,7,11-12H2,1-3H3. The molecule has 1 heterocycles. The second-order valence-corrected chi connectivity index (χ2v) is 5.16. The number of ether oxygens (including phenoxy) is 1. The lowest BCUT2D eigenvalue weighted by molar-refractivity contribution is 0.265. The monoisotopic (exact) mass is 273 g/mol. The lowest BCUT2D eigenvalue weighted by atomic mass is 10.1. The van der Waals surface area contributed by atoms with Gasteiger partial charge in [0.25, 0.3) is 0 Å². The normalized spacial score (nSPS) is 10.8. The van der Waals surface area contributed by atoms with Gasteiger partial charge in [-0.25, -0.2) is 0 Å². The van der Waals surface area contributed by atoms with Crippen molar-refractivity contribution in [2.45, 2.75) is 40.3 Å². The van der Waals surface area contributed by atoms with Crippen LogP contribution in [0.3, 0.4) is 0 Å². The minimum atomic E-state index is 0.469. The molecule has 1 aromatic heterocycles. The Morgan fingerprint density at radius 3 is 2.45 bits per heavy atom. The van der Waals surface area contributed by atoms with Crippen LogP contribution in [0.1, 0.15) is 36.0 Å². The summed E-state index contributed by atoms with van der Waals surface area (Å²) >= 11 is 0. The van der Waals surface area contributed by atoms with Gasteiger partial charge in [-0.15, -0.1) is 0 Å². The average Bonchev–Trinajstić information content (AvgIpc) is 2.84. The number of aryl methyl sites for hydroxylation is 2. The third-order valence-electron chi connectivity index (χ3n) is 3.02. The molecule has 0 atom stereocenters. The van der Waals surface area contributed by atoms with Crippen LogP contribution in [0, 0.1) is 13.8 Å². The van der Waals surface area contributed by atoms with Crippen molar-refractivity contribution in [1.29, 1.82) is 0 Å². The fourth-order valence-corrected chi connectivity index (χ4v) is 2.15. The summed E-state index contributed by atoms with van der Waals surface area (Å²) in [5, 5.41) is 3.32. The predicted molar refractivity (Wildman–Crippen MR) is 81.0 cm³/mol. The van der Waals surface area contributed by atoms with E-state index in [4.69, 9.17) is 9.15 Å². The zero-order chi connectivity index (χ0) is 14.4. The summed E-state index contributed by atoms with van der Waals surface area (Å²) in [5.74, 6) is 2.71. The smallest absolute Gasteiger partial charge is 0.146 e. The highest BCUT2D eigenvalue weighted by molar-refractivity contribution is 5.33. The molecule has 0 radical (unpaired) electrons. The molecule has 20 heavy (non-hydrogen) atoms. The van der Waals surface area contributed by atoms with E-state index in [-0.39, 0.29) is 0 Å². The molecule has 0 fully saturated rings. The largest absolute Gasteiger partial charge is 0.486 e. The Bertz CT molecular complexity index is 525. The summed E-state index contributed by atoms with van der Waals surface area (Å²) in [7, 11) is 0. The van der Waals surface area contributed by atoms with Crippen molar-refractivity contribution in [2.75, 3.05) is 6.54 Å². The molecular weight excluding hydrogens is 250 g/mol. The van der Waals surface area contributed by atoms with E-state index in [1.54, 1.807) is 0 Å². The van der Waals surface area contributed by atoms with Crippen LogP contribution >= 0.6 is 0 Å². The Hall–Kier alpha value is -1.74. The van der Waals surface area contributed by atoms with Gasteiger partial charge in [-0.1, -0.05) is 13.0 Å². The first-order chi connectivity index (χ1) is 9.67. The van der Waals surface area contributed by atoms with E-state index in [0.717, 1.165) is 36.8 Å². The molecule has 0 aliphatic carbocycles. The molecule has 108 valence electrons. The maximum absolute atomic E-state index is 5.78. The fraction of sp³-hybridized carbons (Fsp3) is 0.412. The van der Waals surface area contributed by atoms with Gasteiger partial charge in [0.1, 0.15) is 23.9 Å². The zero-order valence-electron chi connectivity index (χ0n) is 12.5. The van der Waals surface area contributed by atoms with Gasteiger partial charge in [-0.2, -0.15) is 0 Å². The molecule has 2 rings (SSSR count). The number of hydrogen-bond acceptors (Lipinski definition) is 3. The Morgan fingerprint density at radius 1 is 1.05 bits per heavy atom. The summed E-state index contributed by atoms with van der Waals surface area (Å²) < 4.78 is 11.5. The van der Waals surface area contributed by atoms with E-state index in [1.807, 2.05) is 24.3 Å². The van der Waals surface area contributed by atoms with E-state index >= 15 is 0 Å². The highest BCUT2D eigenvalue weighted by atomic mass is 16.5. The molecule has 0 spiro atoms. The Labute approximate surface area is 121 Å². The third-order valence-corrected chi connectivity index (χ3v) is 3.02. The van der Waals surface area contributed by atoms with E-state index in [1.165, 1.54) is 11.1 Å². The van der Waals surface area contributed by atoms with Crippen molar-refractivity contribution in [1.82, 2.24) is 5.32 Å². The molecule has 0 amide bonds. The van der Waals surface area contributed by atoms with Crippen molar-refractivity contribution >= 4 is 0 Å². The lowest BCUT2D eigenvalue weighted by Gasteiger charge is -2.06. The summed E-state index contributed by atoms with van der Waals surface area (Å²) in [4.78, 5) is 0. The number of benzene rings is 1. The van der Waals surface area contributed by atoms with E-state index in [0.29, 0.717) is 6.61 Å². The van der Waals surface area contributed by atoms with Crippen LogP contribution in [0.4, 0.5) is 0 Å². The topological polar surface area (TPSA) is 34.4 Å². The Kier molecular flexibility index (Phi) is 5.24. The van der Waals surface area contributed by atoms with Crippen LogP contribution in [0.2, 0.25) is 0 Å². The van der Waals surface area contributed by atoms with Crippen LogP contribution < -0.4 is 10.1 Å². The molecule has 3 nitrogen and oxygen atoms in total. The van der Waals surface area contributed by atoms with Gasteiger partial charge in [0.05, 0.1) is 6.54 Å². The van der Waals surface area contributed by atoms with Gasteiger partial charge in [0.15, 0.2) is 0 Å². The number of rotatable bonds is 7. The molecule has 0 bridgehead atoms. The molecule has 0 saturated heterocycles. The first-order valence-corrected chi connectivity index (χ1v) is 7.17. The maximum atomic E-state index is 5.78. The van der Waals surface area contributed by atoms with Gasteiger partial charge in [0, 0.05) is 0 Å². The van der Waals surface area contributed by atoms with Gasteiger partial charge >= 0.3 is 0 Å². The third kappa shape index (κ3) is 4.42. The molecule has 1 N–H and O–H groups in total. The summed E-state index contributed by atoms with van der Waals surface area (Å²) in [6, 6.07) is 10.2. The molecule has 1 aromatic carbocycles. The lowest BCUT2D eigenvalue weighted by Crippen LogP contribution is -2.13. The highest BCUT2D eigenvalue weighted by Crippen LogP contribution is 2.18. The Balaban J connectivity index is 1.87. The van der Waals surface area contributed by atoms with Gasteiger partial charge in [-0.05, 0) is 62.2 Å². The number of nitrogens with one attached hydrogen (secondary N) is 1. The van der Waals surface area contributed by atoms with Crippen LogP contribution in [-0.2, 0) is 13.2 Å². The van der Waals surface area contributed by atoms with Crippen molar-refractivity contribution in [3.05, 3.63) is 53.0 Å². The fourth-order valence-electron chi connectivity index (χ4n) is 2.15. The Morgan fingerprint density at radius 2 is 1.75 bits per heavy atom. The summed E-state index contributed by atoms with van der Waals surface area (Å²) in [6.45, 7) is 8.55. The number of furan rings is 1. The SMILES string of the molecule is CCCNCc1ccc(COc2cc(C)cc(C)c2)o1. The van der Waals surface area contributed by atoms with Crippen molar-refractivity contribution in [3.63, 3.8) is 0 Å². The summed E-state index contributed by atoms with van der Waals surface area (Å²) in [6.07, 6.45) is 1.13. The molecule has 0 aliphatic rings. The first kappa shape index (κ1) is 14.7. The van der Waals surface area contributed by atoms with Crippen LogP contribution in [-0.4, -0.2) is 6.54 Å². The van der Waals surface area contributed by atoms with E-state index in [9.17, 15) is 0 Å². The van der Waals surface area contributed by atoms with Crippen molar-refractivity contribution in [3.8, 4) is 5.75 Å². The van der Waals surface area contributed by atoms with Crippen LogP contribution in [0.15, 0.2) is 34.7 Å². The molecule has 0 saturated carbocycles. The zero-order valence-corrected chi connectivity index (χ0v) is 12.5. The van der Waals surface area contributed by atoms with Crippen molar-refractivity contribution in [2.24, 2.45) is 0 Å². The number of hydrogen-bond donors (Lipinski definition) is 1. The second-order valence-electron chi connectivity index (χ2n) is 5.16. The average molecular weight is 273 g/mol. The van der Waals surface area contributed by atoms with E-state index in [2.05, 4.69) is 32.2 Å². The van der Waals surface area contributed by atoms with Crippen molar-refractivity contribution < 1.29 is 9.15 Å². The van der Waals surface area contributed by atoms with Gasteiger partial charge in [0.2, 0.25) is 0 Å². The minimum absolute atomic E-state index is 0.469. The molecular formula is C17H23NO2. The van der Waals surface area contributed by atoms with Gasteiger partial charge < -0.3 is 14.5 Å². The quantitative estimate of drug-likeness (QED) is 0.775. The molecule has 0 aliphatic heterocycles.